The minimum absolute atomic E-state index is 0.0707. The molecule has 0 amide bonds. The molecule has 3 unspecified atom stereocenters. The number of ether oxygens (including phenoxy) is 2. The number of esters is 2. The number of carbonyl (C=O) groups is 2. The summed E-state index contributed by atoms with van der Waals surface area (Å²) in [5, 5.41) is 0. The Bertz CT molecular complexity index is 1170. The quantitative estimate of drug-likeness (QED) is 0.208. The standard InChI is InChI=1S/C27H30F14O4/c1-20-9-7-13(44-18(42)22(28,29)24(32,33)26(36,37)38)11-12(20)3-4-14-15-5-6-17(21(15,2)10-8-16(14)20)45-19(43)23(30,31)25(34,35)27(39,40)41/h12-17H,3-11H2,1-2H3/t12-,13-,14?,15?,16?,17+,20-,21-/m0/s1. The summed E-state index contributed by atoms with van der Waals surface area (Å²) >= 11 is 0. The third-order valence-electron chi connectivity index (χ3n) is 11.1. The fourth-order valence-corrected chi connectivity index (χ4v) is 8.51. The number of halogens is 14. The van der Waals surface area contributed by atoms with Crippen LogP contribution in [0.2, 0.25) is 0 Å². The van der Waals surface area contributed by atoms with Gasteiger partial charge in [0.15, 0.2) is 0 Å². The van der Waals surface area contributed by atoms with Crippen molar-refractivity contribution in [2.75, 3.05) is 0 Å². The molecule has 0 aromatic heterocycles. The van der Waals surface area contributed by atoms with Crippen molar-refractivity contribution in [2.45, 2.75) is 120 Å². The van der Waals surface area contributed by atoms with E-state index in [-0.39, 0.29) is 62.2 Å². The Balaban J connectivity index is 1.44. The van der Waals surface area contributed by atoms with Gasteiger partial charge in [0.25, 0.3) is 0 Å². The molecule has 4 saturated carbocycles. The minimum Gasteiger partial charge on any atom is -0.458 e. The van der Waals surface area contributed by atoms with Crippen LogP contribution in [0.1, 0.15) is 71.6 Å². The fraction of sp³-hybridized carbons (Fsp3) is 0.926. The first-order valence-corrected chi connectivity index (χ1v) is 14.2. The van der Waals surface area contributed by atoms with Gasteiger partial charge in [-0.05, 0) is 86.9 Å². The molecule has 0 aromatic rings. The molecule has 18 heteroatoms. The van der Waals surface area contributed by atoms with Crippen LogP contribution in [0.25, 0.3) is 0 Å². The van der Waals surface area contributed by atoms with Gasteiger partial charge in [-0.2, -0.15) is 61.5 Å². The average Bonchev–Trinajstić information content (AvgIpc) is 3.23. The summed E-state index contributed by atoms with van der Waals surface area (Å²) in [5.41, 5.74) is -1.59. The first-order chi connectivity index (χ1) is 20.2. The molecule has 45 heavy (non-hydrogen) atoms. The van der Waals surface area contributed by atoms with Gasteiger partial charge in [-0.1, -0.05) is 13.8 Å². The van der Waals surface area contributed by atoms with E-state index in [9.17, 15) is 71.1 Å². The molecule has 0 N–H and O–H groups in total. The summed E-state index contributed by atoms with van der Waals surface area (Å²) < 4.78 is 193. The molecule has 0 bridgehead atoms. The topological polar surface area (TPSA) is 52.6 Å². The van der Waals surface area contributed by atoms with Crippen molar-refractivity contribution in [3.8, 4) is 0 Å². The van der Waals surface area contributed by atoms with Gasteiger partial charge >= 0.3 is 48.0 Å². The number of alkyl halides is 14. The predicted molar refractivity (Wildman–Crippen MR) is 123 cm³/mol. The highest BCUT2D eigenvalue weighted by molar-refractivity contribution is 5.80. The van der Waals surface area contributed by atoms with Crippen LogP contribution < -0.4 is 0 Å². The van der Waals surface area contributed by atoms with Gasteiger partial charge in [0.2, 0.25) is 0 Å². The maximum atomic E-state index is 14.0. The van der Waals surface area contributed by atoms with E-state index in [1.807, 2.05) is 6.92 Å². The van der Waals surface area contributed by atoms with Gasteiger partial charge in [0.1, 0.15) is 12.2 Å². The number of carbonyl (C=O) groups excluding carboxylic acids is 2. The van der Waals surface area contributed by atoms with E-state index in [1.54, 1.807) is 6.92 Å². The van der Waals surface area contributed by atoms with Gasteiger partial charge in [0.05, 0.1) is 0 Å². The van der Waals surface area contributed by atoms with Crippen LogP contribution in [0, 0.1) is 34.5 Å². The van der Waals surface area contributed by atoms with Crippen molar-refractivity contribution in [3.63, 3.8) is 0 Å². The van der Waals surface area contributed by atoms with E-state index in [4.69, 9.17) is 0 Å². The Hall–Kier alpha value is -2.04. The monoisotopic (exact) mass is 684 g/mol. The van der Waals surface area contributed by atoms with Crippen molar-refractivity contribution in [1.82, 2.24) is 0 Å². The van der Waals surface area contributed by atoms with E-state index in [0.29, 0.717) is 19.3 Å². The molecule has 0 aliphatic heterocycles. The lowest BCUT2D eigenvalue weighted by Crippen LogP contribution is -2.58. The first kappa shape index (κ1) is 35.8. The molecule has 0 spiro atoms. The second kappa shape index (κ2) is 10.7. The summed E-state index contributed by atoms with van der Waals surface area (Å²) in [6.07, 6.45) is -14.6. The van der Waals surface area contributed by atoms with Crippen LogP contribution in [0.3, 0.4) is 0 Å². The fourth-order valence-electron chi connectivity index (χ4n) is 8.51. The van der Waals surface area contributed by atoms with Crippen LogP contribution in [-0.2, 0) is 19.1 Å². The Morgan fingerprint density at radius 2 is 1.04 bits per heavy atom. The Kier molecular flexibility index (Phi) is 8.55. The zero-order chi connectivity index (χ0) is 34.4. The summed E-state index contributed by atoms with van der Waals surface area (Å²) in [5.74, 6) is -32.5. The van der Waals surface area contributed by atoms with Crippen LogP contribution >= 0.6 is 0 Å². The van der Waals surface area contributed by atoms with Crippen molar-refractivity contribution in [1.29, 1.82) is 0 Å². The molecular weight excluding hydrogens is 654 g/mol. The second-order valence-electron chi connectivity index (χ2n) is 13.3. The van der Waals surface area contributed by atoms with Crippen molar-refractivity contribution < 1.29 is 80.5 Å². The third-order valence-corrected chi connectivity index (χ3v) is 11.1. The van der Waals surface area contributed by atoms with Gasteiger partial charge in [-0.25, -0.2) is 9.59 Å². The van der Waals surface area contributed by atoms with Gasteiger partial charge < -0.3 is 9.47 Å². The van der Waals surface area contributed by atoms with Crippen molar-refractivity contribution in [3.05, 3.63) is 0 Å². The van der Waals surface area contributed by atoms with Crippen molar-refractivity contribution in [2.24, 2.45) is 34.5 Å². The Labute approximate surface area is 247 Å². The van der Waals surface area contributed by atoms with E-state index in [0.717, 1.165) is 0 Å². The lowest BCUT2D eigenvalue weighted by Gasteiger charge is -2.60. The summed E-state index contributed by atoms with van der Waals surface area (Å²) in [7, 11) is 0. The summed E-state index contributed by atoms with van der Waals surface area (Å²) in [6.45, 7) is 3.45. The third kappa shape index (κ3) is 5.35. The minimum atomic E-state index is -6.71. The van der Waals surface area contributed by atoms with Crippen LogP contribution in [0.15, 0.2) is 0 Å². The molecule has 0 saturated heterocycles. The zero-order valence-electron chi connectivity index (χ0n) is 23.8. The van der Waals surface area contributed by atoms with Gasteiger partial charge in [-0.15, -0.1) is 0 Å². The largest absolute Gasteiger partial charge is 0.460 e. The maximum absolute atomic E-state index is 14.0. The number of hydrogen-bond acceptors (Lipinski definition) is 4. The lowest BCUT2D eigenvalue weighted by atomic mass is 9.45. The molecule has 4 aliphatic carbocycles. The SMILES string of the molecule is C[C@]12CCC3C(CC[C@H]4C[C@@H](OC(=O)C(F)(F)C(F)(F)C(F)(F)F)CC[C@]34C)C1CC[C@H]2OC(=O)C(F)(F)C(F)(F)C(F)(F)F. The molecular formula is C27H30F14O4. The van der Waals surface area contributed by atoms with E-state index in [1.165, 1.54) is 0 Å². The molecule has 4 fully saturated rings. The Morgan fingerprint density at radius 1 is 0.578 bits per heavy atom. The highest BCUT2D eigenvalue weighted by atomic mass is 19.4. The van der Waals surface area contributed by atoms with Crippen LogP contribution in [0.5, 0.6) is 0 Å². The molecule has 260 valence electrons. The summed E-state index contributed by atoms with van der Waals surface area (Å²) in [4.78, 5) is 23.8. The maximum Gasteiger partial charge on any atom is 0.460 e. The zero-order valence-corrected chi connectivity index (χ0v) is 23.8. The first-order valence-electron chi connectivity index (χ1n) is 14.2. The molecule has 0 aromatic carbocycles. The molecule has 8 atom stereocenters. The Morgan fingerprint density at radius 3 is 1.56 bits per heavy atom. The van der Waals surface area contributed by atoms with Gasteiger partial charge in [-0.3, -0.25) is 0 Å². The van der Waals surface area contributed by atoms with Crippen LogP contribution in [0.4, 0.5) is 61.5 Å². The molecule has 4 nitrogen and oxygen atoms in total. The second-order valence-corrected chi connectivity index (χ2v) is 13.3. The van der Waals surface area contributed by atoms with Gasteiger partial charge in [0, 0.05) is 5.41 Å². The smallest absolute Gasteiger partial charge is 0.458 e. The molecule has 4 aliphatic rings. The highest BCUT2D eigenvalue weighted by Crippen LogP contribution is 2.67. The normalized spacial score (nSPS) is 36.4. The number of hydrogen-bond donors (Lipinski definition) is 0. The number of rotatable bonds is 6. The average molecular weight is 685 g/mol. The number of fused-ring (bicyclic) bond motifs is 5. The van der Waals surface area contributed by atoms with E-state index < -0.39 is 71.0 Å². The highest BCUT2D eigenvalue weighted by Gasteiger charge is 2.78. The lowest BCUT2D eigenvalue weighted by molar-refractivity contribution is -0.349. The van der Waals surface area contributed by atoms with Crippen molar-refractivity contribution >= 4 is 11.9 Å². The predicted octanol–water partition coefficient (Wildman–Crippen LogP) is 8.52. The summed E-state index contributed by atoms with van der Waals surface area (Å²) in [6, 6.07) is 0. The molecule has 0 heterocycles. The van der Waals surface area contributed by atoms with E-state index >= 15 is 0 Å². The van der Waals surface area contributed by atoms with E-state index in [2.05, 4.69) is 9.47 Å². The molecule has 0 radical (unpaired) electrons. The van der Waals surface area contributed by atoms with Crippen LogP contribution in [-0.4, -0.2) is 60.2 Å². The molecule has 4 rings (SSSR count).